The first kappa shape index (κ1) is 18.4. The van der Waals surface area contributed by atoms with E-state index in [0.29, 0.717) is 13.0 Å². The van der Waals surface area contributed by atoms with Gasteiger partial charge in [-0.25, -0.2) is 4.98 Å². The summed E-state index contributed by atoms with van der Waals surface area (Å²) < 4.78 is 0. The molecule has 1 aromatic carbocycles. The van der Waals surface area contributed by atoms with Gasteiger partial charge < -0.3 is 15.3 Å². The summed E-state index contributed by atoms with van der Waals surface area (Å²) in [7, 11) is 3.95. The van der Waals surface area contributed by atoms with Crippen LogP contribution in [0, 0.1) is 11.8 Å². The summed E-state index contributed by atoms with van der Waals surface area (Å²) in [5, 5.41) is 13.6. The van der Waals surface area contributed by atoms with Crippen LogP contribution in [0.1, 0.15) is 47.9 Å². The third-order valence-electron chi connectivity index (χ3n) is 4.08. The van der Waals surface area contributed by atoms with Gasteiger partial charge in [-0.3, -0.25) is 4.79 Å². The maximum atomic E-state index is 12.1. The van der Waals surface area contributed by atoms with Crippen LogP contribution in [0.5, 0.6) is 0 Å². The monoisotopic (exact) mass is 369 g/mol. The molecule has 0 bridgehead atoms. The van der Waals surface area contributed by atoms with E-state index in [1.165, 1.54) is 0 Å². The molecule has 0 unspecified atom stereocenters. The van der Waals surface area contributed by atoms with Gasteiger partial charge in [0.2, 0.25) is 5.91 Å². The zero-order chi connectivity index (χ0) is 18.9. The van der Waals surface area contributed by atoms with Crippen LogP contribution in [-0.4, -0.2) is 35.7 Å². The van der Waals surface area contributed by atoms with Gasteiger partial charge in [0, 0.05) is 36.9 Å². The van der Waals surface area contributed by atoms with E-state index in [0.717, 1.165) is 26.8 Å². The SMILES string of the molecule is CN(C)c1nc2c(s1)[C@@H](c1ccc(C#CC(C)(C)O)cc1)CC(=O)NC2. The van der Waals surface area contributed by atoms with Gasteiger partial charge >= 0.3 is 0 Å². The molecule has 0 aliphatic carbocycles. The van der Waals surface area contributed by atoms with E-state index < -0.39 is 5.60 Å². The molecule has 2 aromatic rings. The van der Waals surface area contributed by atoms with E-state index in [4.69, 9.17) is 0 Å². The maximum absolute atomic E-state index is 12.1. The third kappa shape index (κ3) is 4.24. The van der Waals surface area contributed by atoms with Crippen molar-refractivity contribution in [1.29, 1.82) is 0 Å². The summed E-state index contributed by atoms with van der Waals surface area (Å²) in [5.74, 6) is 5.83. The quantitative estimate of drug-likeness (QED) is 0.799. The number of hydrogen-bond acceptors (Lipinski definition) is 5. The number of nitrogens with one attached hydrogen (secondary N) is 1. The number of fused-ring (bicyclic) bond motifs is 1. The van der Waals surface area contributed by atoms with Crippen LogP contribution in [-0.2, 0) is 11.3 Å². The van der Waals surface area contributed by atoms with Gasteiger partial charge in [0.1, 0.15) is 5.60 Å². The van der Waals surface area contributed by atoms with Gasteiger partial charge in [0.15, 0.2) is 5.13 Å². The highest BCUT2D eigenvalue weighted by molar-refractivity contribution is 7.15. The molecule has 1 aromatic heterocycles. The standard InChI is InChI=1S/C20H23N3O2S/c1-20(2,25)10-9-13-5-7-14(8-6-13)15-11-17(24)21-12-16-18(15)26-19(22-16)23(3)4/h5-8,15,25H,11-12H2,1-4H3,(H,21,24)/t15-/m1/s1. The number of carbonyl (C=O) groups excluding carboxylic acids is 1. The molecule has 1 aliphatic rings. The molecule has 1 aliphatic heterocycles. The largest absolute Gasteiger partial charge is 0.378 e. The molecule has 2 heterocycles. The predicted octanol–water partition coefficient (Wildman–Crippen LogP) is 2.48. The molecule has 3 rings (SSSR count). The highest BCUT2D eigenvalue weighted by Crippen LogP contribution is 2.38. The summed E-state index contributed by atoms with van der Waals surface area (Å²) in [4.78, 5) is 19.9. The normalized spacial score (nSPS) is 16.8. The molecular weight excluding hydrogens is 346 g/mol. The third-order valence-corrected chi connectivity index (χ3v) is 5.46. The fraction of sp³-hybridized carbons (Fsp3) is 0.400. The van der Waals surface area contributed by atoms with E-state index in [1.54, 1.807) is 25.2 Å². The smallest absolute Gasteiger partial charge is 0.221 e. The van der Waals surface area contributed by atoms with Crippen LogP contribution in [0.3, 0.4) is 0 Å². The Bertz CT molecular complexity index is 867. The summed E-state index contributed by atoms with van der Waals surface area (Å²) in [6, 6.07) is 7.89. The molecule has 136 valence electrons. The van der Waals surface area contributed by atoms with E-state index in [2.05, 4.69) is 22.1 Å². The fourth-order valence-corrected chi connectivity index (χ4v) is 3.90. The first-order valence-corrected chi connectivity index (χ1v) is 9.34. The van der Waals surface area contributed by atoms with Crippen molar-refractivity contribution >= 4 is 22.4 Å². The minimum atomic E-state index is -1.02. The Morgan fingerprint density at radius 1 is 1.31 bits per heavy atom. The van der Waals surface area contributed by atoms with Gasteiger partial charge in [-0.1, -0.05) is 24.0 Å². The summed E-state index contributed by atoms with van der Waals surface area (Å²) in [6.07, 6.45) is 0.413. The van der Waals surface area contributed by atoms with Crippen LogP contribution in [0.25, 0.3) is 0 Å². The first-order valence-electron chi connectivity index (χ1n) is 8.52. The van der Waals surface area contributed by atoms with Gasteiger partial charge in [0.05, 0.1) is 12.2 Å². The van der Waals surface area contributed by atoms with E-state index >= 15 is 0 Å². The van der Waals surface area contributed by atoms with E-state index in [-0.39, 0.29) is 11.8 Å². The Morgan fingerprint density at radius 2 is 2.00 bits per heavy atom. The van der Waals surface area contributed by atoms with Gasteiger partial charge in [-0.15, -0.1) is 11.3 Å². The van der Waals surface area contributed by atoms with Crippen molar-refractivity contribution in [3.63, 3.8) is 0 Å². The molecule has 0 spiro atoms. The second kappa shape index (κ2) is 7.10. The molecule has 0 radical (unpaired) electrons. The van der Waals surface area contributed by atoms with Crippen LogP contribution in [0.4, 0.5) is 5.13 Å². The highest BCUT2D eigenvalue weighted by atomic mass is 32.1. The van der Waals surface area contributed by atoms with Crippen LogP contribution in [0.2, 0.25) is 0 Å². The lowest BCUT2D eigenvalue weighted by Crippen LogP contribution is -2.21. The van der Waals surface area contributed by atoms with Gasteiger partial charge in [-0.2, -0.15) is 0 Å². The molecule has 26 heavy (non-hydrogen) atoms. The van der Waals surface area contributed by atoms with Crippen molar-refractivity contribution < 1.29 is 9.90 Å². The number of aromatic nitrogens is 1. The maximum Gasteiger partial charge on any atom is 0.221 e. The van der Waals surface area contributed by atoms with Crippen molar-refractivity contribution in [3.8, 4) is 11.8 Å². The second-order valence-electron chi connectivity index (χ2n) is 7.17. The topological polar surface area (TPSA) is 65.5 Å². The average Bonchev–Trinajstić information content (AvgIpc) is 2.94. The Labute approximate surface area is 158 Å². The number of aliphatic hydroxyl groups is 1. The zero-order valence-electron chi connectivity index (χ0n) is 15.5. The minimum absolute atomic E-state index is 0.00464. The summed E-state index contributed by atoms with van der Waals surface area (Å²) >= 11 is 1.64. The molecule has 0 saturated carbocycles. The van der Waals surface area contributed by atoms with E-state index in [1.807, 2.05) is 43.3 Å². The molecule has 5 nitrogen and oxygen atoms in total. The molecule has 1 amide bonds. The number of rotatable bonds is 2. The summed E-state index contributed by atoms with van der Waals surface area (Å²) in [6.45, 7) is 3.79. The molecular formula is C20H23N3O2S. The minimum Gasteiger partial charge on any atom is -0.378 e. The number of amides is 1. The lowest BCUT2D eigenvalue weighted by Gasteiger charge is -2.14. The number of anilines is 1. The number of carbonyl (C=O) groups is 1. The van der Waals surface area contributed by atoms with Crippen LogP contribution in [0.15, 0.2) is 24.3 Å². The molecule has 6 heteroatoms. The fourth-order valence-electron chi connectivity index (χ4n) is 2.77. The Hall–Kier alpha value is -2.36. The number of nitrogens with zero attached hydrogens (tertiary/aromatic N) is 2. The van der Waals surface area contributed by atoms with Crippen molar-refractivity contribution in [2.45, 2.75) is 38.3 Å². The van der Waals surface area contributed by atoms with E-state index in [9.17, 15) is 9.90 Å². The van der Waals surface area contributed by atoms with Crippen molar-refractivity contribution in [3.05, 3.63) is 46.0 Å². The zero-order valence-corrected chi connectivity index (χ0v) is 16.3. The number of hydrogen-bond donors (Lipinski definition) is 2. The molecule has 1 atom stereocenters. The Morgan fingerprint density at radius 3 is 2.62 bits per heavy atom. The molecule has 0 saturated heterocycles. The second-order valence-corrected chi connectivity index (χ2v) is 8.18. The first-order chi connectivity index (χ1) is 12.2. The lowest BCUT2D eigenvalue weighted by atomic mass is 9.93. The average molecular weight is 369 g/mol. The molecule has 2 N–H and O–H groups in total. The van der Waals surface area contributed by atoms with Gasteiger partial charge in [-0.05, 0) is 31.5 Å². The van der Waals surface area contributed by atoms with Gasteiger partial charge in [0.25, 0.3) is 0 Å². The van der Waals surface area contributed by atoms with Crippen LogP contribution >= 0.6 is 11.3 Å². The van der Waals surface area contributed by atoms with Crippen LogP contribution < -0.4 is 10.2 Å². The summed E-state index contributed by atoms with van der Waals surface area (Å²) in [5.41, 5.74) is 1.84. The predicted molar refractivity (Wildman–Crippen MR) is 104 cm³/mol. The Balaban J connectivity index is 1.94. The van der Waals surface area contributed by atoms with Crippen molar-refractivity contribution in [2.75, 3.05) is 19.0 Å². The lowest BCUT2D eigenvalue weighted by molar-refractivity contribution is -0.121. The van der Waals surface area contributed by atoms with Crippen molar-refractivity contribution in [2.24, 2.45) is 0 Å². The number of thiazole rings is 1. The highest BCUT2D eigenvalue weighted by Gasteiger charge is 2.28. The molecule has 0 fully saturated rings. The number of benzene rings is 1. The Kier molecular flexibility index (Phi) is 5.03. The van der Waals surface area contributed by atoms with Crippen molar-refractivity contribution in [1.82, 2.24) is 10.3 Å².